The van der Waals surface area contributed by atoms with Gasteiger partial charge in [-0.2, -0.15) is 0 Å². The van der Waals surface area contributed by atoms with E-state index in [1.165, 1.54) is 0 Å². The molecule has 0 saturated carbocycles. The van der Waals surface area contributed by atoms with Crippen LogP contribution in [0.4, 0.5) is 0 Å². The second kappa shape index (κ2) is 7.35. The highest BCUT2D eigenvalue weighted by Gasteiger charge is 2.28. The van der Waals surface area contributed by atoms with Crippen molar-refractivity contribution in [3.63, 3.8) is 0 Å². The summed E-state index contributed by atoms with van der Waals surface area (Å²) in [6.45, 7) is 2.02. The molecule has 130 valence electrons. The zero-order valence-electron chi connectivity index (χ0n) is 13.6. The van der Waals surface area contributed by atoms with Crippen LogP contribution in [-0.2, 0) is 21.3 Å². The first-order valence-electron chi connectivity index (χ1n) is 7.75. The van der Waals surface area contributed by atoms with Gasteiger partial charge in [-0.3, -0.25) is 0 Å². The molecule has 1 heterocycles. The molecule has 0 aliphatic heterocycles. The molecule has 0 saturated heterocycles. The lowest BCUT2D eigenvalue weighted by atomic mass is 10.2. The zero-order valence-corrected chi connectivity index (χ0v) is 15.2. The largest absolute Gasteiger partial charge is 0.462 e. The van der Waals surface area contributed by atoms with E-state index >= 15 is 0 Å². The van der Waals surface area contributed by atoms with Gasteiger partial charge in [0.05, 0.1) is 6.61 Å². The lowest BCUT2D eigenvalue weighted by Gasteiger charge is -2.08. The van der Waals surface area contributed by atoms with Gasteiger partial charge in [0.25, 0.3) is 0 Å². The van der Waals surface area contributed by atoms with Crippen molar-refractivity contribution in [1.82, 2.24) is 4.72 Å². The second-order valence-electron chi connectivity index (χ2n) is 5.29. The summed E-state index contributed by atoms with van der Waals surface area (Å²) in [5.74, 6) is -0.621. The van der Waals surface area contributed by atoms with E-state index < -0.39 is 16.0 Å². The fourth-order valence-corrected chi connectivity index (χ4v) is 5.27. The van der Waals surface area contributed by atoms with Crippen LogP contribution in [0.1, 0.15) is 22.2 Å². The normalized spacial score (nSPS) is 11.6. The van der Waals surface area contributed by atoms with E-state index in [1.54, 1.807) is 25.1 Å². The average Bonchev–Trinajstić information content (AvgIpc) is 3.02. The van der Waals surface area contributed by atoms with Crippen LogP contribution in [0.3, 0.4) is 0 Å². The molecular weight excluding hydrogens is 358 g/mol. The Morgan fingerprint density at radius 2 is 1.76 bits per heavy atom. The van der Waals surface area contributed by atoms with Crippen molar-refractivity contribution >= 4 is 37.4 Å². The van der Waals surface area contributed by atoms with Crippen molar-refractivity contribution in [1.29, 1.82) is 0 Å². The third-order valence-corrected chi connectivity index (χ3v) is 6.35. The Hall–Kier alpha value is -2.22. The summed E-state index contributed by atoms with van der Waals surface area (Å²) in [5, 5.41) is 0.524. The summed E-state index contributed by atoms with van der Waals surface area (Å²) in [4.78, 5) is 12.3. The molecule has 0 spiro atoms. The van der Waals surface area contributed by atoms with E-state index in [4.69, 9.17) is 4.74 Å². The van der Waals surface area contributed by atoms with Crippen LogP contribution in [0, 0.1) is 0 Å². The Morgan fingerprint density at radius 1 is 1.08 bits per heavy atom. The third-order valence-electron chi connectivity index (χ3n) is 3.59. The number of carbonyl (C=O) groups is 1. The summed E-state index contributed by atoms with van der Waals surface area (Å²) in [6, 6.07) is 16.3. The minimum absolute atomic E-state index is 0.0116. The Morgan fingerprint density at radius 3 is 2.48 bits per heavy atom. The lowest BCUT2D eigenvalue weighted by Crippen LogP contribution is -2.24. The number of thiophene rings is 1. The minimum atomic E-state index is -3.88. The van der Waals surface area contributed by atoms with Gasteiger partial charge in [-0.15, -0.1) is 11.3 Å². The maximum absolute atomic E-state index is 12.9. The molecule has 0 radical (unpaired) electrons. The SMILES string of the molecule is CCOC(=O)c1sc2ccccc2c1S(=O)(=O)NCc1ccccc1. The topological polar surface area (TPSA) is 72.5 Å². The number of fused-ring (bicyclic) bond motifs is 1. The van der Waals surface area contributed by atoms with Crippen molar-refractivity contribution in [2.75, 3.05) is 6.61 Å². The number of nitrogens with one attached hydrogen (secondary N) is 1. The van der Waals surface area contributed by atoms with Crippen LogP contribution in [0.2, 0.25) is 0 Å². The van der Waals surface area contributed by atoms with Crippen molar-refractivity contribution in [2.24, 2.45) is 0 Å². The number of carbonyl (C=O) groups excluding carboxylic acids is 1. The Bertz CT molecular complexity index is 994. The van der Waals surface area contributed by atoms with Crippen LogP contribution in [0.15, 0.2) is 59.5 Å². The molecule has 7 heteroatoms. The first-order chi connectivity index (χ1) is 12.0. The average molecular weight is 375 g/mol. The number of ether oxygens (including phenoxy) is 1. The molecule has 0 aliphatic carbocycles. The molecular formula is C18H17NO4S2. The molecule has 0 unspecified atom stereocenters. The molecule has 5 nitrogen and oxygen atoms in total. The number of hydrogen-bond acceptors (Lipinski definition) is 5. The van der Waals surface area contributed by atoms with Crippen molar-refractivity contribution in [3.05, 3.63) is 65.0 Å². The predicted octanol–water partition coefficient (Wildman–Crippen LogP) is 3.56. The van der Waals surface area contributed by atoms with Gasteiger partial charge in [0.2, 0.25) is 10.0 Å². The van der Waals surface area contributed by atoms with Crippen molar-refractivity contribution in [3.8, 4) is 0 Å². The third kappa shape index (κ3) is 3.73. The van der Waals surface area contributed by atoms with Gasteiger partial charge in [0, 0.05) is 16.6 Å². The quantitative estimate of drug-likeness (QED) is 0.669. The van der Waals surface area contributed by atoms with E-state index in [-0.39, 0.29) is 22.9 Å². The molecule has 2 aromatic carbocycles. The Balaban J connectivity index is 2.03. The van der Waals surface area contributed by atoms with Gasteiger partial charge in [-0.25, -0.2) is 17.9 Å². The van der Waals surface area contributed by atoms with Gasteiger partial charge < -0.3 is 4.74 Å². The minimum Gasteiger partial charge on any atom is -0.462 e. The molecule has 0 bridgehead atoms. The van der Waals surface area contributed by atoms with Crippen LogP contribution in [0.5, 0.6) is 0 Å². The highest BCUT2D eigenvalue weighted by Crippen LogP contribution is 2.35. The van der Waals surface area contributed by atoms with Crippen LogP contribution in [-0.4, -0.2) is 21.0 Å². The smallest absolute Gasteiger partial charge is 0.349 e. The standard InChI is InChI=1S/C18H17NO4S2/c1-2-23-18(20)16-17(14-10-6-7-11-15(14)24-16)25(21,22)19-12-13-8-4-3-5-9-13/h3-11,19H,2,12H2,1H3. The molecule has 3 rings (SSSR count). The zero-order chi connectivity index (χ0) is 17.9. The highest BCUT2D eigenvalue weighted by molar-refractivity contribution is 7.90. The van der Waals surface area contributed by atoms with Gasteiger partial charge in [0.15, 0.2) is 0 Å². The number of esters is 1. The van der Waals surface area contributed by atoms with E-state index in [0.717, 1.165) is 21.6 Å². The van der Waals surface area contributed by atoms with Gasteiger partial charge in [-0.05, 0) is 18.6 Å². The molecule has 3 aromatic rings. The van der Waals surface area contributed by atoms with E-state index in [0.29, 0.717) is 5.39 Å². The summed E-state index contributed by atoms with van der Waals surface area (Å²) in [5.41, 5.74) is 0.836. The van der Waals surface area contributed by atoms with Crippen LogP contribution >= 0.6 is 11.3 Å². The lowest BCUT2D eigenvalue weighted by molar-refractivity contribution is 0.0528. The number of sulfonamides is 1. The first kappa shape index (κ1) is 17.6. The highest BCUT2D eigenvalue weighted by atomic mass is 32.2. The maximum Gasteiger partial charge on any atom is 0.349 e. The molecule has 0 fully saturated rings. The summed E-state index contributed by atoms with van der Waals surface area (Å²) in [7, 11) is -3.88. The second-order valence-corrected chi connectivity index (χ2v) is 8.04. The molecule has 25 heavy (non-hydrogen) atoms. The van der Waals surface area contributed by atoms with Crippen molar-refractivity contribution in [2.45, 2.75) is 18.4 Å². The predicted molar refractivity (Wildman–Crippen MR) is 98.2 cm³/mol. The number of hydrogen-bond donors (Lipinski definition) is 1. The fourth-order valence-electron chi connectivity index (χ4n) is 2.47. The molecule has 0 aliphatic rings. The molecule has 0 atom stereocenters. The summed E-state index contributed by atoms with van der Waals surface area (Å²) in [6.07, 6.45) is 0. The first-order valence-corrected chi connectivity index (χ1v) is 10.0. The van der Waals surface area contributed by atoms with Gasteiger partial charge in [0.1, 0.15) is 9.77 Å². The molecule has 1 N–H and O–H groups in total. The Kier molecular flexibility index (Phi) is 5.17. The number of benzene rings is 2. The van der Waals surface area contributed by atoms with Gasteiger partial charge >= 0.3 is 5.97 Å². The molecule has 1 aromatic heterocycles. The van der Waals surface area contributed by atoms with E-state index in [1.807, 2.05) is 36.4 Å². The molecule has 0 amide bonds. The fraction of sp³-hybridized carbons (Fsp3) is 0.167. The maximum atomic E-state index is 12.9. The van der Waals surface area contributed by atoms with Crippen LogP contribution < -0.4 is 4.72 Å². The van der Waals surface area contributed by atoms with Crippen LogP contribution in [0.25, 0.3) is 10.1 Å². The summed E-state index contributed by atoms with van der Waals surface area (Å²) < 4.78 is 34.1. The van der Waals surface area contributed by atoms with E-state index in [9.17, 15) is 13.2 Å². The van der Waals surface area contributed by atoms with Crippen molar-refractivity contribution < 1.29 is 17.9 Å². The Labute approximate surface area is 150 Å². The van der Waals surface area contributed by atoms with Gasteiger partial charge in [-0.1, -0.05) is 48.5 Å². The monoisotopic (exact) mass is 375 g/mol. The summed E-state index contributed by atoms with van der Waals surface area (Å²) >= 11 is 1.13. The number of rotatable bonds is 6. The van der Waals surface area contributed by atoms with E-state index in [2.05, 4.69) is 4.72 Å².